The molecule has 0 spiro atoms. The Hall–Kier alpha value is -3.86. The first-order valence-electron chi connectivity index (χ1n) is 12.8. The quantitative estimate of drug-likeness (QED) is 0.0921. The lowest BCUT2D eigenvalue weighted by Gasteiger charge is -2.08. The molecule has 0 N–H and O–H groups in total. The van der Waals surface area contributed by atoms with Crippen molar-refractivity contribution >= 4 is 65.8 Å². The highest BCUT2D eigenvalue weighted by atomic mass is 32.2. The molecule has 3 aromatic carbocycles. The topological polar surface area (TPSA) is 164 Å². The van der Waals surface area contributed by atoms with Crippen molar-refractivity contribution in [2.45, 2.75) is 47.3 Å². The molecular formula is C28H28N2O10S4. The number of carbonyl (C=O) groups is 2. The highest BCUT2D eigenvalue weighted by Crippen LogP contribution is 2.25. The van der Waals surface area contributed by atoms with Gasteiger partial charge < -0.3 is 9.47 Å². The van der Waals surface area contributed by atoms with Crippen LogP contribution in [0.3, 0.4) is 0 Å². The summed E-state index contributed by atoms with van der Waals surface area (Å²) < 4.78 is 71.1. The Balaban J connectivity index is 1.85. The van der Waals surface area contributed by atoms with Gasteiger partial charge in [-0.3, -0.25) is 8.57 Å². The molecule has 0 aliphatic heterocycles. The molecule has 0 fully saturated rings. The molecule has 0 bridgehead atoms. The second kappa shape index (κ2) is 15.7. The molecule has 0 saturated heterocycles. The maximum Gasteiger partial charge on any atom is 0.367 e. The molecule has 0 radical (unpaired) electrons. The number of hydrogen-bond acceptors (Lipinski definition) is 14. The van der Waals surface area contributed by atoms with Crippen LogP contribution >= 0.6 is 23.5 Å². The smallest absolute Gasteiger partial charge is 0.367 e. The predicted octanol–water partition coefficient (Wildman–Crippen LogP) is 5.05. The van der Waals surface area contributed by atoms with Gasteiger partial charge in [0.25, 0.3) is 0 Å². The van der Waals surface area contributed by atoms with E-state index >= 15 is 0 Å². The molecule has 0 unspecified atom stereocenters. The minimum Gasteiger partial charge on any atom is -0.461 e. The van der Waals surface area contributed by atoms with Crippen LogP contribution in [0.25, 0.3) is 0 Å². The lowest BCUT2D eigenvalue weighted by molar-refractivity contribution is -0.135. The molecule has 0 aliphatic carbocycles. The lowest BCUT2D eigenvalue weighted by Crippen LogP contribution is -2.16. The molecule has 234 valence electrons. The second-order valence-corrected chi connectivity index (χ2v) is 13.8. The van der Waals surface area contributed by atoms with E-state index in [9.17, 15) is 26.4 Å². The standard InChI is InChI=1S/C28H28N2O10S4/c1-5-37-27(31)25(41-21-14-10-19(3)11-15-21)29-39-43(33,34)23-8-7-9-24(18-23)44(35,36)40-30-26(28(32)38-6-2)42-22-16-12-20(4)13-17-22/h7-18H,5-6H2,1-4H3/b29-25-,30-26+. The number of hydrogen-bond donors (Lipinski definition) is 0. The summed E-state index contributed by atoms with van der Waals surface area (Å²) in [5.74, 6) is -1.84. The van der Waals surface area contributed by atoms with Crippen LogP contribution in [0.5, 0.6) is 0 Å². The molecule has 0 heterocycles. The van der Waals surface area contributed by atoms with Crippen LogP contribution in [0.15, 0.2) is 103 Å². The summed E-state index contributed by atoms with van der Waals surface area (Å²) in [5, 5.41) is 6.20. The Kier molecular flexibility index (Phi) is 12.4. The molecule has 44 heavy (non-hydrogen) atoms. The van der Waals surface area contributed by atoms with Crippen LogP contribution < -0.4 is 0 Å². The summed E-state index contributed by atoms with van der Waals surface area (Å²) >= 11 is 1.64. The predicted molar refractivity (Wildman–Crippen MR) is 165 cm³/mol. The van der Waals surface area contributed by atoms with Crippen molar-refractivity contribution in [2.24, 2.45) is 10.3 Å². The average molecular weight is 681 g/mol. The number of thioether (sulfide) groups is 2. The zero-order valence-corrected chi connectivity index (χ0v) is 27.2. The van der Waals surface area contributed by atoms with Gasteiger partial charge >= 0.3 is 32.2 Å². The first kappa shape index (κ1) is 34.6. The largest absolute Gasteiger partial charge is 0.461 e. The molecule has 0 aliphatic rings. The van der Waals surface area contributed by atoms with Crippen molar-refractivity contribution in [3.8, 4) is 0 Å². The summed E-state index contributed by atoms with van der Waals surface area (Å²) in [6.07, 6.45) is 0. The van der Waals surface area contributed by atoms with Gasteiger partial charge in [0.1, 0.15) is 9.79 Å². The van der Waals surface area contributed by atoms with Crippen molar-refractivity contribution in [1.82, 2.24) is 0 Å². The lowest BCUT2D eigenvalue weighted by atomic mass is 10.2. The van der Waals surface area contributed by atoms with Gasteiger partial charge in [0.05, 0.1) is 13.2 Å². The van der Waals surface area contributed by atoms with Gasteiger partial charge in [-0.2, -0.15) is 16.8 Å². The normalized spacial score (nSPS) is 12.4. The molecule has 16 heteroatoms. The number of aryl methyl sites for hydroxylation is 2. The Bertz CT molecular complexity index is 1630. The average Bonchev–Trinajstić information content (AvgIpc) is 2.99. The van der Waals surface area contributed by atoms with Gasteiger partial charge in [-0.1, -0.05) is 75.3 Å². The number of esters is 2. The second-order valence-electron chi connectivity index (χ2n) is 8.60. The van der Waals surface area contributed by atoms with Gasteiger partial charge in [0.2, 0.25) is 10.1 Å². The molecule has 0 saturated carbocycles. The van der Waals surface area contributed by atoms with E-state index in [4.69, 9.17) is 18.0 Å². The third-order valence-electron chi connectivity index (χ3n) is 5.19. The Morgan fingerprint density at radius 3 is 1.34 bits per heavy atom. The molecule has 3 aromatic rings. The highest BCUT2D eigenvalue weighted by Gasteiger charge is 2.25. The molecule has 0 aromatic heterocycles. The van der Waals surface area contributed by atoms with E-state index in [1.807, 2.05) is 13.8 Å². The first-order chi connectivity index (χ1) is 20.8. The number of benzene rings is 3. The molecule has 12 nitrogen and oxygen atoms in total. The maximum absolute atomic E-state index is 12.9. The SMILES string of the molecule is CCOC(=O)/C(=N/OS(=O)(=O)c1cccc(S(=O)(=O)O/N=C(/Sc2ccc(C)cc2)C(=O)OCC)c1)Sc1ccc(C)cc1. The third kappa shape index (κ3) is 10.1. The molecule has 0 atom stereocenters. The van der Waals surface area contributed by atoms with Crippen LogP contribution in [0.4, 0.5) is 0 Å². The number of ether oxygens (including phenoxy) is 2. The minimum absolute atomic E-state index is 0.00283. The van der Waals surface area contributed by atoms with Crippen LogP contribution in [0, 0.1) is 13.8 Å². The monoisotopic (exact) mass is 680 g/mol. The van der Waals surface area contributed by atoms with Crippen LogP contribution in [-0.4, -0.2) is 52.1 Å². The number of rotatable bonds is 10. The van der Waals surface area contributed by atoms with Crippen molar-refractivity contribution in [3.63, 3.8) is 0 Å². The number of carbonyl (C=O) groups excluding carboxylic acids is 2. The fraction of sp³-hybridized carbons (Fsp3) is 0.214. The van der Waals surface area contributed by atoms with Crippen molar-refractivity contribution < 1.29 is 44.5 Å². The van der Waals surface area contributed by atoms with Gasteiger partial charge in [0.15, 0.2) is 0 Å². The fourth-order valence-corrected chi connectivity index (χ4v) is 6.20. The van der Waals surface area contributed by atoms with Crippen LogP contribution in [0.1, 0.15) is 25.0 Å². The van der Waals surface area contributed by atoms with E-state index < -0.39 is 52.1 Å². The van der Waals surface area contributed by atoms with E-state index in [0.29, 0.717) is 9.79 Å². The van der Waals surface area contributed by atoms with E-state index in [0.717, 1.165) is 58.9 Å². The van der Waals surface area contributed by atoms with Crippen molar-refractivity contribution in [3.05, 3.63) is 83.9 Å². The Labute approximate surface area is 264 Å². The fourth-order valence-electron chi connectivity index (χ4n) is 3.05. The molecule has 0 amide bonds. The summed E-state index contributed by atoms with van der Waals surface area (Å²) in [5.41, 5.74) is 1.93. The van der Waals surface area contributed by atoms with E-state index in [-0.39, 0.29) is 13.2 Å². The van der Waals surface area contributed by atoms with Gasteiger partial charge in [-0.15, -0.1) is 0 Å². The zero-order valence-electron chi connectivity index (χ0n) is 24.0. The highest BCUT2D eigenvalue weighted by molar-refractivity contribution is 8.16. The van der Waals surface area contributed by atoms with Crippen molar-refractivity contribution in [1.29, 1.82) is 0 Å². The minimum atomic E-state index is -4.72. The first-order valence-corrected chi connectivity index (χ1v) is 17.3. The van der Waals surface area contributed by atoms with Gasteiger partial charge in [0, 0.05) is 9.79 Å². The van der Waals surface area contributed by atoms with E-state index in [1.165, 1.54) is 0 Å². The van der Waals surface area contributed by atoms with Gasteiger partial charge in [-0.05, 0) is 70.2 Å². The number of oxime groups is 2. The summed E-state index contributed by atoms with van der Waals surface area (Å²) in [6, 6.07) is 18.0. The van der Waals surface area contributed by atoms with Crippen LogP contribution in [0.2, 0.25) is 0 Å². The van der Waals surface area contributed by atoms with Crippen molar-refractivity contribution in [2.75, 3.05) is 13.2 Å². The summed E-state index contributed by atoms with van der Waals surface area (Å²) in [4.78, 5) is 24.7. The maximum atomic E-state index is 12.9. The molecular weight excluding hydrogens is 653 g/mol. The third-order valence-corrected chi connectivity index (χ3v) is 9.28. The number of nitrogens with zero attached hydrogens (tertiary/aromatic N) is 2. The van der Waals surface area contributed by atoms with E-state index in [2.05, 4.69) is 10.3 Å². The molecule has 3 rings (SSSR count). The zero-order chi connectivity index (χ0) is 32.3. The van der Waals surface area contributed by atoms with E-state index in [1.54, 1.807) is 62.4 Å². The van der Waals surface area contributed by atoms with Crippen LogP contribution in [-0.2, 0) is 47.9 Å². The summed E-state index contributed by atoms with van der Waals surface area (Å²) in [7, 11) is -9.45. The summed E-state index contributed by atoms with van der Waals surface area (Å²) in [6.45, 7) is 6.89. The van der Waals surface area contributed by atoms with Gasteiger partial charge in [-0.25, -0.2) is 9.59 Å². The Morgan fingerprint density at radius 2 is 1.00 bits per heavy atom. The Morgan fingerprint density at radius 1 is 0.636 bits per heavy atom.